The third kappa shape index (κ3) is 3.29. The average molecular weight is 295 g/mol. The van der Waals surface area contributed by atoms with Crippen molar-refractivity contribution in [3.05, 3.63) is 0 Å². The van der Waals surface area contributed by atoms with Crippen molar-refractivity contribution in [2.24, 2.45) is 16.8 Å². The van der Waals surface area contributed by atoms with E-state index in [2.05, 4.69) is 5.16 Å². The van der Waals surface area contributed by atoms with Gasteiger partial charge in [0, 0.05) is 24.3 Å². The van der Waals surface area contributed by atoms with E-state index >= 15 is 0 Å². The van der Waals surface area contributed by atoms with Gasteiger partial charge >= 0.3 is 0 Å². The van der Waals surface area contributed by atoms with Crippen molar-refractivity contribution >= 4 is 33.3 Å². The number of hydrogen-bond donors (Lipinski definition) is 2. The van der Waals surface area contributed by atoms with E-state index in [0.29, 0.717) is 18.1 Å². The Morgan fingerprint density at radius 2 is 2.22 bits per heavy atom. The number of hydrogen-bond acceptors (Lipinski definition) is 6. The third-order valence-electron chi connectivity index (χ3n) is 2.79. The Bertz CT molecular complexity index is 449. The molecule has 1 rings (SSSR count). The van der Waals surface area contributed by atoms with Gasteiger partial charge in [-0.15, -0.1) is 0 Å². The number of amides is 1. The molecule has 0 saturated carbocycles. The number of carbonyl (C=O) groups excluding carboxylic acids is 1. The quantitative estimate of drug-likeness (QED) is 0.308. The number of rotatable bonds is 3. The minimum Gasteiger partial charge on any atom is -0.409 e. The predicted octanol–water partition coefficient (Wildman–Crippen LogP) is -0.685. The van der Waals surface area contributed by atoms with Crippen molar-refractivity contribution < 1.29 is 18.4 Å². The molecule has 2 unspecified atom stereocenters. The van der Waals surface area contributed by atoms with E-state index in [1.54, 1.807) is 0 Å². The maximum Gasteiger partial charge on any atom is 0.234 e. The van der Waals surface area contributed by atoms with Gasteiger partial charge in [0.1, 0.15) is 5.37 Å². The fraction of sp³-hybridized carbons (Fsp3) is 0.778. The van der Waals surface area contributed by atoms with Crippen molar-refractivity contribution in [3.8, 4) is 0 Å². The smallest absolute Gasteiger partial charge is 0.234 e. The lowest BCUT2D eigenvalue weighted by Crippen LogP contribution is -2.53. The Morgan fingerprint density at radius 1 is 1.61 bits per heavy atom. The van der Waals surface area contributed by atoms with Crippen molar-refractivity contribution in [1.82, 2.24) is 4.90 Å². The van der Waals surface area contributed by atoms with Crippen LogP contribution < -0.4 is 5.73 Å². The molecule has 1 fully saturated rings. The molecule has 0 aromatic rings. The summed E-state index contributed by atoms with van der Waals surface area (Å²) in [6.07, 6.45) is 1.11. The average Bonchev–Trinajstić information content (AvgIpc) is 2.35. The van der Waals surface area contributed by atoms with Gasteiger partial charge in [-0.1, -0.05) is 5.16 Å². The first-order valence-electron chi connectivity index (χ1n) is 5.33. The minimum absolute atomic E-state index is 0.217. The fourth-order valence-corrected chi connectivity index (χ4v) is 4.47. The van der Waals surface area contributed by atoms with Crippen LogP contribution in [0.3, 0.4) is 0 Å². The highest BCUT2D eigenvalue weighted by atomic mass is 32.2. The van der Waals surface area contributed by atoms with Crippen molar-refractivity contribution in [3.63, 3.8) is 0 Å². The van der Waals surface area contributed by atoms with E-state index < -0.39 is 27.0 Å². The van der Waals surface area contributed by atoms with Crippen LogP contribution >= 0.6 is 11.8 Å². The van der Waals surface area contributed by atoms with Gasteiger partial charge in [0.15, 0.2) is 15.7 Å². The molecule has 2 atom stereocenters. The topological polar surface area (TPSA) is 113 Å². The summed E-state index contributed by atoms with van der Waals surface area (Å²) in [7, 11) is -3.34. The second kappa shape index (κ2) is 5.79. The summed E-state index contributed by atoms with van der Waals surface area (Å²) in [6, 6.07) is 0. The minimum atomic E-state index is -3.34. The van der Waals surface area contributed by atoms with E-state index in [0.717, 1.165) is 6.26 Å². The standard InChI is InChI=1S/C9H17N3O4S2/c1-6(8(10)11-14)9(13)12-3-4-17-5-7(12)18(2,15)16/h6-7,14H,3-5H2,1-2H3,(H2,10,11). The maximum atomic E-state index is 12.1. The van der Waals surface area contributed by atoms with Crippen LogP contribution in [0.15, 0.2) is 5.16 Å². The number of amidine groups is 1. The molecule has 0 aliphatic carbocycles. The molecule has 0 aromatic carbocycles. The highest BCUT2D eigenvalue weighted by Gasteiger charge is 2.36. The molecule has 18 heavy (non-hydrogen) atoms. The van der Waals surface area contributed by atoms with Gasteiger partial charge in [-0.25, -0.2) is 8.42 Å². The molecule has 1 aliphatic heterocycles. The zero-order chi connectivity index (χ0) is 13.9. The third-order valence-corrected chi connectivity index (χ3v) is 5.43. The normalized spacial score (nSPS) is 23.8. The lowest BCUT2D eigenvalue weighted by atomic mass is 10.1. The van der Waals surface area contributed by atoms with Crippen LogP contribution in [0.5, 0.6) is 0 Å². The summed E-state index contributed by atoms with van der Waals surface area (Å²) in [5, 5.41) is 10.5. The van der Waals surface area contributed by atoms with E-state index in [-0.39, 0.29) is 5.84 Å². The Morgan fingerprint density at radius 3 is 2.72 bits per heavy atom. The van der Waals surface area contributed by atoms with Crippen LogP contribution in [0.25, 0.3) is 0 Å². The number of nitrogens with zero attached hydrogens (tertiary/aromatic N) is 2. The highest BCUT2D eigenvalue weighted by Crippen LogP contribution is 2.22. The van der Waals surface area contributed by atoms with Crippen LogP contribution in [-0.2, 0) is 14.6 Å². The summed E-state index contributed by atoms with van der Waals surface area (Å²) in [6.45, 7) is 1.84. The summed E-state index contributed by atoms with van der Waals surface area (Å²) < 4.78 is 23.3. The Hall–Kier alpha value is -0.960. The zero-order valence-corrected chi connectivity index (χ0v) is 11.9. The molecule has 0 aromatic heterocycles. The van der Waals surface area contributed by atoms with Crippen LogP contribution in [0, 0.1) is 5.92 Å². The Kier molecular flexibility index (Phi) is 4.85. The molecular formula is C9H17N3O4S2. The SMILES string of the molecule is CC(C(=O)N1CCSCC1S(C)(=O)=O)C(N)=NO. The lowest BCUT2D eigenvalue weighted by Gasteiger charge is -2.35. The molecule has 1 amide bonds. The van der Waals surface area contributed by atoms with Crippen LogP contribution in [-0.4, -0.2) is 59.9 Å². The van der Waals surface area contributed by atoms with E-state index in [4.69, 9.17) is 10.9 Å². The largest absolute Gasteiger partial charge is 0.409 e. The zero-order valence-electron chi connectivity index (χ0n) is 10.2. The maximum absolute atomic E-state index is 12.1. The van der Waals surface area contributed by atoms with Crippen molar-refractivity contribution in [1.29, 1.82) is 0 Å². The number of sulfone groups is 1. The fourth-order valence-electron chi connectivity index (χ4n) is 1.65. The number of thioether (sulfide) groups is 1. The van der Waals surface area contributed by atoms with Crippen LogP contribution in [0.1, 0.15) is 6.92 Å². The van der Waals surface area contributed by atoms with E-state index in [1.165, 1.54) is 23.6 Å². The molecule has 104 valence electrons. The first kappa shape index (κ1) is 15.1. The van der Waals surface area contributed by atoms with Gasteiger partial charge in [0.2, 0.25) is 5.91 Å². The second-order valence-corrected chi connectivity index (χ2v) is 7.49. The van der Waals surface area contributed by atoms with E-state index in [1.807, 2.05) is 0 Å². The van der Waals surface area contributed by atoms with Gasteiger partial charge in [-0.05, 0) is 6.92 Å². The molecule has 1 heterocycles. The Balaban J connectivity index is 2.95. The number of carbonyl (C=O) groups is 1. The molecular weight excluding hydrogens is 278 g/mol. The molecule has 0 bridgehead atoms. The summed E-state index contributed by atoms with van der Waals surface area (Å²) in [5.41, 5.74) is 5.38. The highest BCUT2D eigenvalue weighted by molar-refractivity contribution is 8.00. The van der Waals surface area contributed by atoms with Crippen LogP contribution in [0.4, 0.5) is 0 Å². The molecule has 3 N–H and O–H groups in total. The second-order valence-electron chi connectivity index (χ2n) is 4.14. The van der Waals surface area contributed by atoms with E-state index in [9.17, 15) is 13.2 Å². The van der Waals surface area contributed by atoms with Crippen molar-refractivity contribution in [2.45, 2.75) is 12.3 Å². The van der Waals surface area contributed by atoms with Crippen LogP contribution in [0.2, 0.25) is 0 Å². The first-order chi connectivity index (χ1) is 8.29. The molecule has 1 saturated heterocycles. The predicted molar refractivity (Wildman–Crippen MR) is 70.2 cm³/mol. The van der Waals surface area contributed by atoms with Crippen molar-refractivity contribution in [2.75, 3.05) is 24.3 Å². The first-order valence-corrected chi connectivity index (χ1v) is 8.44. The molecule has 7 nitrogen and oxygen atoms in total. The van der Waals surface area contributed by atoms with Gasteiger partial charge in [-0.2, -0.15) is 11.8 Å². The lowest BCUT2D eigenvalue weighted by molar-refractivity contribution is -0.133. The monoisotopic (exact) mass is 295 g/mol. The van der Waals surface area contributed by atoms with Gasteiger partial charge in [0.05, 0.1) is 5.92 Å². The Labute approximate surface area is 110 Å². The van der Waals surface area contributed by atoms with Gasteiger partial charge in [0.25, 0.3) is 0 Å². The van der Waals surface area contributed by atoms with Gasteiger partial charge < -0.3 is 15.8 Å². The summed E-state index contributed by atoms with van der Waals surface area (Å²) in [5.74, 6) is -0.442. The number of nitrogens with two attached hydrogens (primary N) is 1. The molecule has 9 heteroatoms. The number of oxime groups is 1. The molecule has 1 aliphatic rings. The van der Waals surface area contributed by atoms with Gasteiger partial charge in [-0.3, -0.25) is 4.79 Å². The summed E-state index contributed by atoms with van der Waals surface area (Å²) in [4.78, 5) is 13.4. The molecule has 0 radical (unpaired) electrons. The molecule has 0 spiro atoms. The summed E-state index contributed by atoms with van der Waals surface area (Å²) >= 11 is 1.49.